The summed E-state index contributed by atoms with van der Waals surface area (Å²) in [5, 5.41) is 13.3. The van der Waals surface area contributed by atoms with Crippen LogP contribution in [0.1, 0.15) is 26.1 Å². The third-order valence-corrected chi connectivity index (χ3v) is 4.21. The van der Waals surface area contributed by atoms with Crippen LogP contribution in [0, 0.1) is 0 Å². The number of thioether (sulfide) groups is 1. The molecule has 0 saturated carbocycles. The molecule has 0 aliphatic rings. The molecule has 0 unspecified atom stereocenters. The molecule has 0 spiro atoms. The standard InChI is InChI=1S/C15H20ClN5OS/c1-10(2)23-13-6-5-11(16)8-12(13)20-15(22)17-7-3-4-14-18-9-19-21-14/h5-6,8-10H,3-4,7H2,1-2H3,(H2,17,20,22)(H,18,19,21). The number of carbonyl (C=O) groups is 1. The Hall–Kier alpha value is -1.73. The first kappa shape index (κ1) is 17.6. The molecule has 23 heavy (non-hydrogen) atoms. The van der Waals surface area contributed by atoms with Gasteiger partial charge >= 0.3 is 6.03 Å². The molecule has 1 heterocycles. The minimum Gasteiger partial charge on any atom is -0.338 e. The summed E-state index contributed by atoms with van der Waals surface area (Å²) < 4.78 is 0. The van der Waals surface area contributed by atoms with Crippen molar-refractivity contribution in [1.29, 1.82) is 0 Å². The van der Waals surface area contributed by atoms with Gasteiger partial charge in [-0.05, 0) is 24.6 Å². The zero-order valence-corrected chi connectivity index (χ0v) is 14.7. The minimum absolute atomic E-state index is 0.240. The molecule has 0 bridgehead atoms. The van der Waals surface area contributed by atoms with E-state index in [1.165, 1.54) is 6.33 Å². The molecule has 0 radical (unpaired) electrons. The second kappa shape index (κ2) is 8.79. The van der Waals surface area contributed by atoms with Crippen molar-refractivity contribution < 1.29 is 4.79 Å². The van der Waals surface area contributed by atoms with E-state index in [2.05, 4.69) is 39.7 Å². The summed E-state index contributed by atoms with van der Waals surface area (Å²) in [5.41, 5.74) is 0.726. The summed E-state index contributed by atoms with van der Waals surface area (Å²) >= 11 is 7.71. The van der Waals surface area contributed by atoms with Gasteiger partial charge in [0.25, 0.3) is 0 Å². The van der Waals surface area contributed by atoms with Gasteiger partial charge in [-0.15, -0.1) is 11.8 Å². The van der Waals surface area contributed by atoms with Gasteiger partial charge < -0.3 is 10.6 Å². The molecule has 0 fully saturated rings. The van der Waals surface area contributed by atoms with E-state index >= 15 is 0 Å². The van der Waals surface area contributed by atoms with E-state index in [0.29, 0.717) is 16.8 Å². The first-order valence-electron chi connectivity index (χ1n) is 7.40. The van der Waals surface area contributed by atoms with Crippen molar-refractivity contribution in [2.24, 2.45) is 0 Å². The Balaban J connectivity index is 1.83. The number of aromatic nitrogens is 3. The number of nitrogens with one attached hydrogen (secondary N) is 3. The van der Waals surface area contributed by atoms with Crippen LogP contribution < -0.4 is 10.6 Å². The molecule has 8 heteroatoms. The van der Waals surface area contributed by atoms with Crippen LogP contribution in [0.2, 0.25) is 5.02 Å². The molecular formula is C15H20ClN5OS. The van der Waals surface area contributed by atoms with Gasteiger partial charge in [0, 0.05) is 28.1 Å². The lowest BCUT2D eigenvalue weighted by Crippen LogP contribution is -2.30. The fraction of sp³-hybridized carbons (Fsp3) is 0.400. The molecule has 6 nitrogen and oxygen atoms in total. The molecule has 124 valence electrons. The van der Waals surface area contributed by atoms with Crippen molar-refractivity contribution in [2.75, 3.05) is 11.9 Å². The third kappa shape index (κ3) is 6.11. The highest BCUT2D eigenvalue weighted by Gasteiger charge is 2.09. The number of aryl methyl sites for hydroxylation is 1. The Morgan fingerprint density at radius 3 is 2.96 bits per heavy atom. The summed E-state index contributed by atoms with van der Waals surface area (Å²) in [7, 11) is 0. The lowest BCUT2D eigenvalue weighted by molar-refractivity contribution is 0.252. The Morgan fingerprint density at radius 2 is 2.26 bits per heavy atom. The largest absolute Gasteiger partial charge is 0.338 e. The summed E-state index contributed by atoms with van der Waals surface area (Å²) in [6.45, 7) is 4.76. The zero-order chi connectivity index (χ0) is 16.7. The number of aromatic amines is 1. The number of anilines is 1. The normalized spacial score (nSPS) is 10.8. The van der Waals surface area contributed by atoms with Gasteiger partial charge in [-0.25, -0.2) is 9.78 Å². The van der Waals surface area contributed by atoms with Gasteiger partial charge in [0.2, 0.25) is 0 Å². The highest BCUT2D eigenvalue weighted by molar-refractivity contribution is 8.00. The molecule has 2 amide bonds. The average Bonchev–Trinajstić information content (AvgIpc) is 2.99. The van der Waals surface area contributed by atoms with E-state index in [0.717, 1.165) is 29.2 Å². The fourth-order valence-corrected chi connectivity index (χ4v) is 3.00. The van der Waals surface area contributed by atoms with Gasteiger partial charge in [0.05, 0.1) is 5.69 Å². The molecule has 0 saturated heterocycles. The number of amides is 2. The van der Waals surface area contributed by atoms with Crippen molar-refractivity contribution in [3.63, 3.8) is 0 Å². The summed E-state index contributed by atoms with van der Waals surface area (Å²) in [6.07, 6.45) is 3.00. The lowest BCUT2D eigenvalue weighted by atomic mass is 10.3. The summed E-state index contributed by atoms with van der Waals surface area (Å²) in [6, 6.07) is 5.27. The maximum atomic E-state index is 12.0. The zero-order valence-electron chi connectivity index (χ0n) is 13.1. The number of carbonyl (C=O) groups excluding carboxylic acids is 1. The first-order chi connectivity index (χ1) is 11.0. The van der Waals surface area contributed by atoms with Crippen LogP contribution in [0.15, 0.2) is 29.4 Å². The second-order valence-electron chi connectivity index (χ2n) is 5.22. The SMILES string of the molecule is CC(C)Sc1ccc(Cl)cc1NC(=O)NCCCc1ncn[nH]1. The van der Waals surface area contributed by atoms with Crippen molar-refractivity contribution in [3.8, 4) is 0 Å². The Morgan fingerprint density at radius 1 is 1.43 bits per heavy atom. The van der Waals surface area contributed by atoms with Gasteiger partial charge in [-0.3, -0.25) is 5.10 Å². The molecule has 0 aliphatic carbocycles. The number of benzene rings is 1. The first-order valence-corrected chi connectivity index (χ1v) is 8.65. The van der Waals surface area contributed by atoms with E-state index in [1.807, 2.05) is 12.1 Å². The molecule has 0 atom stereocenters. The summed E-state index contributed by atoms with van der Waals surface area (Å²) in [5.74, 6) is 0.817. The van der Waals surface area contributed by atoms with Crippen molar-refractivity contribution in [3.05, 3.63) is 35.4 Å². The number of urea groups is 1. The van der Waals surface area contributed by atoms with E-state index in [9.17, 15) is 4.79 Å². The van der Waals surface area contributed by atoms with E-state index in [1.54, 1.807) is 17.8 Å². The molecule has 2 aromatic rings. The van der Waals surface area contributed by atoms with Crippen LogP contribution in [0.4, 0.5) is 10.5 Å². The summed E-state index contributed by atoms with van der Waals surface area (Å²) in [4.78, 5) is 17.1. The minimum atomic E-state index is -0.240. The molecule has 2 rings (SSSR count). The van der Waals surface area contributed by atoms with Crippen LogP contribution in [0.25, 0.3) is 0 Å². The predicted molar refractivity (Wildman–Crippen MR) is 94.2 cm³/mol. The Labute approximate surface area is 144 Å². The Bertz CT molecular complexity index is 633. The topological polar surface area (TPSA) is 82.7 Å². The van der Waals surface area contributed by atoms with E-state index in [-0.39, 0.29) is 6.03 Å². The molecule has 1 aromatic heterocycles. The Kier molecular flexibility index (Phi) is 6.73. The molecule has 1 aromatic carbocycles. The number of H-pyrrole nitrogens is 1. The number of nitrogens with zero attached hydrogens (tertiary/aromatic N) is 2. The van der Waals surface area contributed by atoms with Crippen molar-refractivity contribution in [1.82, 2.24) is 20.5 Å². The molecular weight excluding hydrogens is 334 g/mol. The maximum Gasteiger partial charge on any atom is 0.319 e. The number of hydrogen-bond acceptors (Lipinski definition) is 4. The molecule has 3 N–H and O–H groups in total. The fourth-order valence-electron chi connectivity index (χ4n) is 1.93. The smallest absolute Gasteiger partial charge is 0.319 e. The predicted octanol–water partition coefficient (Wildman–Crippen LogP) is 3.71. The second-order valence-corrected chi connectivity index (χ2v) is 7.28. The van der Waals surface area contributed by atoms with Gasteiger partial charge in [0.1, 0.15) is 12.2 Å². The average molecular weight is 354 g/mol. The van der Waals surface area contributed by atoms with Crippen LogP contribution in [-0.4, -0.2) is 33.0 Å². The molecule has 0 aliphatic heterocycles. The van der Waals surface area contributed by atoms with E-state index in [4.69, 9.17) is 11.6 Å². The van der Waals surface area contributed by atoms with Crippen LogP contribution in [-0.2, 0) is 6.42 Å². The monoisotopic (exact) mass is 353 g/mol. The van der Waals surface area contributed by atoms with Crippen LogP contribution >= 0.6 is 23.4 Å². The van der Waals surface area contributed by atoms with Crippen molar-refractivity contribution >= 4 is 35.1 Å². The van der Waals surface area contributed by atoms with Crippen LogP contribution in [0.5, 0.6) is 0 Å². The quantitative estimate of drug-likeness (QED) is 0.523. The van der Waals surface area contributed by atoms with Gasteiger partial charge in [-0.2, -0.15) is 5.10 Å². The van der Waals surface area contributed by atoms with Gasteiger partial charge in [-0.1, -0.05) is 25.4 Å². The third-order valence-electron chi connectivity index (χ3n) is 2.89. The number of halogens is 1. The van der Waals surface area contributed by atoms with Crippen LogP contribution in [0.3, 0.4) is 0 Å². The highest BCUT2D eigenvalue weighted by atomic mass is 35.5. The van der Waals surface area contributed by atoms with Gasteiger partial charge in [0.15, 0.2) is 0 Å². The maximum absolute atomic E-state index is 12.0. The van der Waals surface area contributed by atoms with Crippen molar-refractivity contribution in [2.45, 2.75) is 36.8 Å². The number of hydrogen-bond donors (Lipinski definition) is 3. The highest BCUT2D eigenvalue weighted by Crippen LogP contribution is 2.32. The van der Waals surface area contributed by atoms with E-state index < -0.39 is 0 Å². The number of rotatable bonds is 7. The lowest BCUT2D eigenvalue weighted by Gasteiger charge is -2.13.